The van der Waals surface area contributed by atoms with E-state index in [4.69, 9.17) is 0 Å². The summed E-state index contributed by atoms with van der Waals surface area (Å²) in [6.07, 6.45) is -2.02. The van der Waals surface area contributed by atoms with Crippen LogP contribution in [0.1, 0.15) is 22.3 Å². The lowest BCUT2D eigenvalue weighted by Crippen LogP contribution is -2.42. The van der Waals surface area contributed by atoms with E-state index in [1.165, 1.54) is 6.07 Å². The Morgan fingerprint density at radius 2 is 1.71 bits per heavy atom. The summed E-state index contributed by atoms with van der Waals surface area (Å²) in [5.41, 5.74) is 2.69. The summed E-state index contributed by atoms with van der Waals surface area (Å²) in [6, 6.07) is 21.3. The van der Waals surface area contributed by atoms with E-state index in [9.17, 15) is 18.0 Å². The normalized spacial score (nSPS) is 15.8. The van der Waals surface area contributed by atoms with E-state index in [-0.39, 0.29) is 29.8 Å². The van der Waals surface area contributed by atoms with E-state index < -0.39 is 17.8 Å². The van der Waals surface area contributed by atoms with Crippen molar-refractivity contribution >= 4 is 22.5 Å². The summed E-state index contributed by atoms with van der Waals surface area (Å²) in [5.74, 6) is -0.221. The van der Waals surface area contributed by atoms with Crippen LogP contribution in [0.25, 0.3) is 10.9 Å². The Hall–Kier alpha value is -3.58. The summed E-state index contributed by atoms with van der Waals surface area (Å²) in [6.45, 7) is 0.555. The third-order valence-corrected chi connectivity index (χ3v) is 6.29. The van der Waals surface area contributed by atoms with Gasteiger partial charge in [0.05, 0.1) is 11.1 Å². The molecule has 1 atom stereocenters. The summed E-state index contributed by atoms with van der Waals surface area (Å²) < 4.78 is 44.4. The van der Waals surface area contributed by atoms with Crippen LogP contribution in [0.15, 0.2) is 79.0 Å². The average molecular weight is 464 g/mol. The van der Waals surface area contributed by atoms with Gasteiger partial charge in [-0.3, -0.25) is 4.79 Å². The van der Waals surface area contributed by atoms with Gasteiger partial charge in [0.15, 0.2) is 0 Å². The van der Waals surface area contributed by atoms with E-state index in [2.05, 4.69) is 10.6 Å². The Bertz CT molecular complexity index is 1310. The second-order valence-electron chi connectivity index (χ2n) is 8.57. The molecule has 1 amide bonds. The van der Waals surface area contributed by atoms with Crippen LogP contribution in [0, 0.1) is 0 Å². The molecule has 0 aliphatic carbocycles. The Balaban J connectivity index is 1.48. The van der Waals surface area contributed by atoms with Crippen LogP contribution in [0.2, 0.25) is 0 Å². The number of alkyl halides is 3. The Morgan fingerprint density at radius 3 is 2.41 bits per heavy atom. The molecule has 3 aromatic carbocycles. The van der Waals surface area contributed by atoms with Crippen molar-refractivity contribution in [1.82, 2.24) is 9.88 Å². The first-order valence-electron chi connectivity index (χ1n) is 11.2. The maximum absolute atomic E-state index is 14.2. The number of aryl methyl sites for hydroxylation is 2. The third-order valence-electron chi connectivity index (χ3n) is 6.29. The molecular formula is C27H24F3N3O. The predicted octanol–water partition coefficient (Wildman–Crippen LogP) is 5.56. The number of halogens is 3. The minimum atomic E-state index is -4.47. The van der Waals surface area contributed by atoms with Crippen LogP contribution in [0.3, 0.4) is 0 Å². The molecule has 5 rings (SSSR count). The van der Waals surface area contributed by atoms with Crippen LogP contribution < -0.4 is 10.6 Å². The number of nitrogens with one attached hydrogen (secondary N) is 2. The molecule has 0 saturated heterocycles. The molecule has 2 N–H and O–H groups in total. The minimum absolute atomic E-state index is 0.193. The molecule has 0 saturated carbocycles. The van der Waals surface area contributed by atoms with Crippen LogP contribution >= 0.6 is 0 Å². The largest absolute Gasteiger partial charge is 0.417 e. The van der Waals surface area contributed by atoms with E-state index in [0.717, 1.165) is 11.1 Å². The van der Waals surface area contributed by atoms with Gasteiger partial charge >= 0.3 is 6.18 Å². The number of benzene rings is 3. The number of hydrogen-bond donors (Lipinski definition) is 2. The number of hydrogen-bond acceptors (Lipinski definition) is 2. The molecular weight excluding hydrogens is 439 g/mol. The number of anilines is 1. The van der Waals surface area contributed by atoms with Gasteiger partial charge in [-0.1, -0.05) is 54.6 Å². The molecule has 0 fully saturated rings. The van der Waals surface area contributed by atoms with Crippen molar-refractivity contribution in [2.45, 2.75) is 38.1 Å². The smallest absolute Gasteiger partial charge is 0.345 e. The number of carbonyl (C=O) groups excluding carboxylic acids is 1. The molecule has 1 unspecified atom stereocenters. The van der Waals surface area contributed by atoms with Gasteiger partial charge in [-0.15, -0.1) is 0 Å². The molecule has 1 aromatic heterocycles. The highest BCUT2D eigenvalue weighted by atomic mass is 19.4. The van der Waals surface area contributed by atoms with Crippen LogP contribution in [0.5, 0.6) is 0 Å². The molecule has 0 bridgehead atoms. The first-order chi connectivity index (χ1) is 16.4. The highest BCUT2D eigenvalue weighted by molar-refractivity contribution is 5.95. The first-order valence-corrected chi connectivity index (χ1v) is 11.2. The zero-order valence-corrected chi connectivity index (χ0v) is 18.4. The Morgan fingerprint density at radius 1 is 1.00 bits per heavy atom. The molecule has 174 valence electrons. The van der Waals surface area contributed by atoms with Crippen molar-refractivity contribution in [1.29, 1.82) is 0 Å². The number of aromatic nitrogens is 1. The monoisotopic (exact) mass is 463 g/mol. The van der Waals surface area contributed by atoms with Crippen molar-refractivity contribution in [3.63, 3.8) is 0 Å². The standard InChI is InChI=1S/C27H24F3N3O/c28-27(29,30)24-19(12-11-18-7-3-1-4-8-18)15-20-16-31-23(17-33-14-13-22(24)25(20)33)26(34)32-21-9-5-2-6-10-21/h1-10,13-15,23,31H,11-12,16-17H2,(H,32,34). The van der Waals surface area contributed by atoms with E-state index in [1.807, 2.05) is 48.5 Å². The fraction of sp³-hybridized carbons (Fsp3) is 0.222. The molecule has 34 heavy (non-hydrogen) atoms. The van der Waals surface area contributed by atoms with E-state index in [0.29, 0.717) is 24.2 Å². The molecule has 7 heteroatoms. The van der Waals surface area contributed by atoms with Crippen molar-refractivity contribution < 1.29 is 18.0 Å². The number of carbonyl (C=O) groups is 1. The lowest BCUT2D eigenvalue weighted by atomic mass is 9.94. The highest BCUT2D eigenvalue weighted by Crippen LogP contribution is 2.40. The van der Waals surface area contributed by atoms with Crippen molar-refractivity contribution in [2.75, 3.05) is 5.32 Å². The van der Waals surface area contributed by atoms with Gasteiger partial charge in [-0.25, -0.2) is 0 Å². The second kappa shape index (κ2) is 8.99. The maximum Gasteiger partial charge on any atom is 0.417 e. The molecule has 2 heterocycles. The summed E-state index contributed by atoms with van der Waals surface area (Å²) in [4.78, 5) is 12.9. The summed E-state index contributed by atoms with van der Waals surface area (Å²) in [7, 11) is 0. The van der Waals surface area contributed by atoms with E-state index >= 15 is 0 Å². The van der Waals surface area contributed by atoms with Crippen molar-refractivity contribution in [3.8, 4) is 0 Å². The van der Waals surface area contributed by atoms with Gasteiger partial charge in [0.1, 0.15) is 6.04 Å². The molecule has 1 aliphatic heterocycles. The Labute approximate surface area is 195 Å². The lowest BCUT2D eigenvalue weighted by Gasteiger charge is -2.17. The first kappa shape index (κ1) is 22.2. The minimum Gasteiger partial charge on any atom is -0.345 e. The van der Waals surface area contributed by atoms with Crippen molar-refractivity contribution in [3.05, 3.63) is 101 Å². The van der Waals surface area contributed by atoms with Gasteiger partial charge in [-0.2, -0.15) is 13.2 Å². The average Bonchev–Trinajstić information content (AvgIpc) is 3.14. The molecule has 0 radical (unpaired) electrons. The third kappa shape index (κ3) is 4.43. The molecule has 1 aliphatic rings. The predicted molar refractivity (Wildman–Crippen MR) is 126 cm³/mol. The van der Waals surface area contributed by atoms with Gasteiger partial charge in [-0.05, 0) is 47.7 Å². The summed E-state index contributed by atoms with van der Waals surface area (Å²) >= 11 is 0. The fourth-order valence-corrected chi connectivity index (χ4v) is 4.72. The van der Waals surface area contributed by atoms with Crippen LogP contribution in [-0.4, -0.2) is 16.5 Å². The van der Waals surface area contributed by atoms with Gasteiger partial charge in [0, 0.05) is 30.4 Å². The fourth-order valence-electron chi connectivity index (χ4n) is 4.72. The lowest BCUT2D eigenvalue weighted by molar-refractivity contribution is -0.136. The van der Waals surface area contributed by atoms with Gasteiger partial charge in [0.25, 0.3) is 0 Å². The van der Waals surface area contributed by atoms with Crippen LogP contribution in [-0.2, 0) is 36.9 Å². The number of rotatable bonds is 5. The summed E-state index contributed by atoms with van der Waals surface area (Å²) in [5, 5.41) is 6.31. The molecule has 0 spiro atoms. The van der Waals surface area contributed by atoms with Gasteiger partial charge in [0.2, 0.25) is 5.91 Å². The van der Waals surface area contributed by atoms with Crippen molar-refractivity contribution in [2.24, 2.45) is 0 Å². The molecule has 4 nitrogen and oxygen atoms in total. The number of amides is 1. The highest BCUT2D eigenvalue weighted by Gasteiger charge is 2.37. The van der Waals surface area contributed by atoms with Gasteiger partial charge < -0.3 is 15.2 Å². The van der Waals surface area contributed by atoms with Crippen LogP contribution in [0.4, 0.5) is 18.9 Å². The quantitative estimate of drug-likeness (QED) is 0.407. The number of para-hydroxylation sites is 1. The SMILES string of the molecule is O=C(Nc1ccccc1)C1Cn2ccc3c(C(F)(F)F)c(CCc4ccccc4)cc(c32)CN1. The molecule has 4 aromatic rings. The second-order valence-corrected chi connectivity index (χ2v) is 8.57. The topological polar surface area (TPSA) is 46.1 Å². The van der Waals surface area contributed by atoms with E-state index in [1.54, 1.807) is 29.0 Å². The Kier molecular flexibility index (Phi) is 5.87. The maximum atomic E-state index is 14.2. The zero-order valence-electron chi connectivity index (χ0n) is 18.4. The zero-order chi connectivity index (χ0) is 23.7. The number of nitrogens with zero attached hydrogens (tertiary/aromatic N) is 1.